The van der Waals surface area contributed by atoms with E-state index in [0.717, 1.165) is 28.6 Å². The number of aromatic amines is 1. The molecule has 2 aromatic rings. The first-order valence-corrected chi connectivity index (χ1v) is 8.71. The summed E-state index contributed by atoms with van der Waals surface area (Å²) in [5, 5.41) is 5.88. The minimum atomic E-state index is -0.474. The van der Waals surface area contributed by atoms with Crippen LogP contribution >= 0.6 is 11.6 Å². The van der Waals surface area contributed by atoms with Gasteiger partial charge in [0.15, 0.2) is 0 Å². The second kappa shape index (κ2) is 5.81. The molecule has 24 heavy (non-hydrogen) atoms. The van der Waals surface area contributed by atoms with E-state index in [4.69, 9.17) is 16.4 Å². The van der Waals surface area contributed by atoms with E-state index in [0.29, 0.717) is 30.5 Å². The highest BCUT2D eigenvalue weighted by Gasteiger charge is 2.34. The van der Waals surface area contributed by atoms with Crippen molar-refractivity contribution in [1.82, 2.24) is 9.88 Å². The molecular formula is C18H20ClN3O2. The summed E-state index contributed by atoms with van der Waals surface area (Å²) in [4.78, 5) is 23.5. The predicted molar refractivity (Wildman–Crippen MR) is 94.2 cm³/mol. The largest absolute Gasteiger partial charge is 0.382 e. The average Bonchev–Trinajstić information content (AvgIpc) is 3.18. The maximum absolute atomic E-state index is 12.8. The van der Waals surface area contributed by atoms with Crippen molar-refractivity contribution in [3.05, 3.63) is 34.5 Å². The summed E-state index contributed by atoms with van der Waals surface area (Å²) in [6.07, 6.45) is 0.940. The highest BCUT2D eigenvalue weighted by atomic mass is 35.5. The number of H-pyrrole nitrogens is 1. The lowest BCUT2D eigenvalue weighted by molar-refractivity contribution is -0.143. The molecule has 5 nitrogen and oxygen atoms in total. The number of carbonyl (C=O) groups excluding carboxylic acids is 1. The number of halogens is 1. The lowest BCUT2D eigenvalue weighted by Gasteiger charge is -2.28. The number of benzene rings is 1. The van der Waals surface area contributed by atoms with Crippen LogP contribution in [0, 0.1) is 5.92 Å². The monoisotopic (exact) mass is 345 g/mol. The predicted octanol–water partition coefficient (Wildman–Crippen LogP) is 3.51. The fourth-order valence-corrected chi connectivity index (χ4v) is 3.62. The standard InChI is InChI=1S/C18H20ClN3O2/c1-10(2)16-8-17(24-21-16)18(23)22-6-5-15-13(9-22)12-7-11(19)3-4-14(12)20-15/h3-4,7,10,17,20H,5-6,8-9H2,1-2H3. The molecule has 3 heterocycles. The Morgan fingerprint density at radius 3 is 3.04 bits per heavy atom. The number of amides is 1. The third-order valence-electron chi connectivity index (χ3n) is 4.88. The highest BCUT2D eigenvalue weighted by Crippen LogP contribution is 2.30. The molecule has 2 aliphatic heterocycles. The van der Waals surface area contributed by atoms with Crippen molar-refractivity contribution in [2.24, 2.45) is 11.1 Å². The molecule has 0 spiro atoms. The Balaban J connectivity index is 1.55. The smallest absolute Gasteiger partial charge is 0.267 e. The summed E-state index contributed by atoms with van der Waals surface area (Å²) >= 11 is 6.14. The number of fused-ring (bicyclic) bond motifs is 3. The number of oxime groups is 1. The Kier molecular flexibility index (Phi) is 3.76. The van der Waals surface area contributed by atoms with E-state index in [9.17, 15) is 4.79 Å². The Morgan fingerprint density at radius 1 is 1.46 bits per heavy atom. The van der Waals surface area contributed by atoms with Gasteiger partial charge in [-0.1, -0.05) is 30.6 Å². The van der Waals surface area contributed by atoms with Crippen LogP contribution in [0.1, 0.15) is 31.5 Å². The number of nitrogens with one attached hydrogen (secondary N) is 1. The van der Waals surface area contributed by atoms with Gasteiger partial charge in [-0.15, -0.1) is 0 Å². The SMILES string of the molecule is CC(C)C1=NOC(C(=O)N2CCc3[nH]c4ccc(Cl)cc4c3C2)C1. The van der Waals surface area contributed by atoms with Gasteiger partial charge in [-0.05, 0) is 24.1 Å². The van der Waals surface area contributed by atoms with Gasteiger partial charge < -0.3 is 14.7 Å². The number of carbonyl (C=O) groups is 1. The Morgan fingerprint density at radius 2 is 2.29 bits per heavy atom. The first kappa shape index (κ1) is 15.5. The minimum Gasteiger partial charge on any atom is -0.382 e. The quantitative estimate of drug-likeness (QED) is 0.905. The van der Waals surface area contributed by atoms with Gasteiger partial charge in [0.2, 0.25) is 6.10 Å². The van der Waals surface area contributed by atoms with Gasteiger partial charge in [-0.2, -0.15) is 0 Å². The van der Waals surface area contributed by atoms with Crippen LogP contribution in [-0.4, -0.2) is 34.2 Å². The minimum absolute atomic E-state index is 0.0245. The fraction of sp³-hybridized carbons (Fsp3) is 0.444. The van der Waals surface area contributed by atoms with Crippen LogP contribution in [0.4, 0.5) is 0 Å². The molecule has 6 heteroatoms. The lowest BCUT2D eigenvalue weighted by Crippen LogP contribution is -2.42. The first-order chi connectivity index (χ1) is 11.5. The van der Waals surface area contributed by atoms with Crippen LogP contribution < -0.4 is 0 Å². The molecule has 0 fully saturated rings. The molecule has 126 valence electrons. The number of nitrogens with zero attached hydrogens (tertiary/aromatic N) is 2. The van der Waals surface area contributed by atoms with Crippen molar-refractivity contribution in [3.8, 4) is 0 Å². The molecule has 1 atom stereocenters. The van der Waals surface area contributed by atoms with E-state index < -0.39 is 6.10 Å². The molecule has 1 unspecified atom stereocenters. The lowest BCUT2D eigenvalue weighted by atomic mass is 10.0. The molecule has 1 N–H and O–H groups in total. The number of hydrogen-bond acceptors (Lipinski definition) is 3. The zero-order chi connectivity index (χ0) is 16.8. The van der Waals surface area contributed by atoms with Crippen LogP contribution in [0.3, 0.4) is 0 Å². The van der Waals surface area contributed by atoms with Crippen molar-refractivity contribution < 1.29 is 9.63 Å². The second-order valence-electron chi connectivity index (χ2n) is 6.82. The van der Waals surface area contributed by atoms with Crippen molar-refractivity contribution in [1.29, 1.82) is 0 Å². The topological polar surface area (TPSA) is 57.7 Å². The zero-order valence-electron chi connectivity index (χ0n) is 13.8. The van der Waals surface area contributed by atoms with Crippen LogP contribution in [-0.2, 0) is 22.6 Å². The third kappa shape index (κ3) is 2.57. The molecule has 1 amide bonds. The second-order valence-corrected chi connectivity index (χ2v) is 7.25. The van der Waals surface area contributed by atoms with E-state index in [1.54, 1.807) is 0 Å². The van der Waals surface area contributed by atoms with E-state index in [2.05, 4.69) is 24.0 Å². The molecule has 1 aromatic carbocycles. The molecule has 0 aliphatic carbocycles. The van der Waals surface area contributed by atoms with Crippen LogP contribution in [0.25, 0.3) is 10.9 Å². The maximum atomic E-state index is 12.8. The van der Waals surface area contributed by atoms with Gasteiger partial charge in [0.1, 0.15) is 0 Å². The van der Waals surface area contributed by atoms with Gasteiger partial charge in [-0.3, -0.25) is 4.79 Å². The van der Waals surface area contributed by atoms with E-state index in [1.807, 2.05) is 23.1 Å². The average molecular weight is 346 g/mol. The molecular weight excluding hydrogens is 326 g/mol. The normalized spacial score (nSPS) is 20.2. The molecule has 1 aromatic heterocycles. The Labute approximate surface area is 145 Å². The number of aromatic nitrogens is 1. The van der Waals surface area contributed by atoms with Gasteiger partial charge in [-0.25, -0.2) is 0 Å². The van der Waals surface area contributed by atoms with Crippen molar-refractivity contribution >= 4 is 34.1 Å². The van der Waals surface area contributed by atoms with Gasteiger partial charge in [0.05, 0.1) is 5.71 Å². The summed E-state index contributed by atoms with van der Waals surface area (Å²) in [5.74, 6) is 0.336. The van der Waals surface area contributed by atoms with Gasteiger partial charge in [0, 0.05) is 53.1 Å². The summed E-state index contributed by atoms with van der Waals surface area (Å²) in [6, 6.07) is 5.84. The van der Waals surface area contributed by atoms with E-state index in [1.165, 1.54) is 5.69 Å². The Bertz CT molecular complexity index is 840. The summed E-state index contributed by atoms with van der Waals surface area (Å²) in [6.45, 7) is 5.42. The van der Waals surface area contributed by atoms with Crippen LogP contribution in [0.5, 0.6) is 0 Å². The molecule has 2 aliphatic rings. The number of rotatable bonds is 2. The summed E-state index contributed by atoms with van der Waals surface area (Å²) < 4.78 is 0. The van der Waals surface area contributed by atoms with Crippen LogP contribution in [0.15, 0.2) is 23.4 Å². The first-order valence-electron chi connectivity index (χ1n) is 8.33. The highest BCUT2D eigenvalue weighted by molar-refractivity contribution is 6.31. The Hall–Kier alpha value is -2.01. The third-order valence-corrected chi connectivity index (χ3v) is 5.12. The van der Waals surface area contributed by atoms with E-state index in [-0.39, 0.29) is 5.91 Å². The van der Waals surface area contributed by atoms with Gasteiger partial charge in [0.25, 0.3) is 5.91 Å². The van der Waals surface area contributed by atoms with Crippen molar-refractivity contribution in [2.75, 3.05) is 6.54 Å². The summed E-state index contributed by atoms with van der Waals surface area (Å²) in [5.41, 5.74) is 4.39. The van der Waals surface area contributed by atoms with Crippen molar-refractivity contribution in [3.63, 3.8) is 0 Å². The molecule has 0 saturated carbocycles. The zero-order valence-corrected chi connectivity index (χ0v) is 14.6. The van der Waals surface area contributed by atoms with Crippen molar-refractivity contribution in [2.45, 2.75) is 39.3 Å². The molecule has 0 saturated heterocycles. The summed E-state index contributed by atoms with van der Waals surface area (Å²) in [7, 11) is 0. The van der Waals surface area contributed by atoms with Crippen LogP contribution in [0.2, 0.25) is 5.02 Å². The van der Waals surface area contributed by atoms with E-state index >= 15 is 0 Å². The molecule has 0 bridgehead atoms. The molecule has 0 radical (unpaired) electrons. The fourth-order valence-electron chi connectivity index (χ4n) is 3.45. The number of hydrogen-bond donors (Lipinski definition) is 1. The maximum Gasteiger partial charge on any atom is 0.267 e. The van der Waals surface area contributed by atoms with Gasteiger partial charge >= 0.3 is 0 Å². The molecule has 4 rings (SSSR count).